The molecule has 1 aromatic carbocycles. The summed E-state index contributed by atoms with van der Waals surface area (Å²) in [6.07, 6.45) is -1.17. The summed E-state index contributed by atoms with van der Waals surface area (Å²) in [5.74, 6) is -1.15. The minimum absolute atomic E-state index is 0.331. The summed E-state index contributed by atoms with van der Waals surface area (Å²) in [5.41, 5.74) is -0.259. The topological polar surface area (TPSA) is 55.1 Å². The molecular weight excluding hydrogens is 353 g/mol. The molecule has 2 rings (SSSR count). The maximum atomic E-state index is 12.6. The van der Waals surface area contributed by atoms with Gasteiger partial charge in [0.05, 0.1) is 5.69 Å². The lowest BCUT2D eigenvalue weighted by Gasteiger charge is -2.07. The first kappa shape index (κ1) is 15.3. The number of hydrogen-bond donors (Lipinski definition) is 1. The van der Waals surface area contributed by atoms with E-state index in [1.165, 1.54) is 12.3 Å². The van der Waals surface area contributed by atoms with Crippen molar-refractivity contribution in [2.24, 2.45) is 0 Å². The van der Waals surface area contributed by atoms with Crippen LogP contribution < -0.4 is 0 Å². The Bertz CT molecular complexity index is 708. The lowest BCUT2D eigenvalue weighted by molar-refractivity contribution is -0.141. The first-order chi connectivity index (χ1) is 9.77. The number of hydrogen-bond acceptors (Lipinski definition) is 2. The predicted octanol–water partition coefficient (Wildman–Crippen LogP) is 3.75. The highest BCUT2D eigenvalue weighted by Crippen LogP contribution is 2.29. The molecule has 0 saturated carbocycles. The van der Waals surface area contributed by atoms with Gasteiger partial charge in [-0.25, -0.2) is 9.48 Å². The largest absolute Gasteiger partial charge is 0.478 e. The Morgan fingerprint density at radius 1 is 1.33 bits per heavy atom. The van der Waals surface area contributed by atoms with Gasteiger partial charge >= 0.3 is 12.1 Å². The van der Waals surface area contributed by atoms with Crippen LogP contribution in [0.4, 0.5) is 13.2 Å². The molecule has 8 heteroatoms. The Hall–Kier alpha value is -2.09. The minimum Gasteiger partial charge on any atom is -0.478 e. The van der Waals surface area contributed by atoms with Crippen molar-refractivity contribution in [1.82, 2.24) is 9.78 Å². The first-order valence-electron chi connectivity index (χ1n) is 5.61. The van der Waals surface area contributed by atoms with E-state index in [9.17, 15) is 18.0 Å². The summed E-state index contributed by atoms with van der Waals surface area (Å²) in [5, 5.41) is 12.1. The Kier molecular flexibility index (Phi) is 4.17. The third-order valence-electron chi connectivity index (χ3n) is 2.52. The van der Waals surface area contributed by atoms with Crippen molar-refractivity contribution in [3.8, 4) is 5.69 Å². The zero-order valence-electron chi connectivity index (χ0n) is 10.3. The van der Waals surface area contributed by atoms with E-state index >= 15 is 0 Å². The van der Waals surface area contributed by atoms with Gasteiger partial charge in [0.2, 0.25) is 0 Å². The number of alkyl halides is 3. The van der Waals surface area contributed by atoms with Crippen molar-refractivity contribution in [3.63, 3.8) is 0 Å². The summed E-state index contributed by atoms with van der Waals surface area (Å²) in [6, 6.07) is 5.63. The molecule has 1 aromatic heterocycles. The molecule has 2 aromatic rings. The highest BCUT2D eigenvalue weighted by Gasteiger charge is 2.33. The van der Waals surface area contributed by atoms with Gasteiger partial charge in [0.15, 0.2) is 5.69 Å². The van der Waals surface area contributed by atoms with Gasteiger partial charge in [-0.2, -0.15) is 18.3 Å². The van der Waals surface area contributed by atoms with Crippen LogP contribution in [0.25, 0.3) is 11.8 Å². The molecule has 0 amide bonds. The van der Waals surface area contributed by atoms with Crippen LogP contribution in [-0.4, -0.2) is 20.9 Å². The normalized spacial score (nSPS) is 12.0. The number of carboxylic acid groups (broad SMARTS) is 1. The fourth-order valence-electron chi connectivity index (χ4n) is 1.63. The molecule has 1 heterocycles. The van der Waals surface area contributed by atoms with Gasteiger partial charge < -0.3 is 5.11 Å². The molecule has 21 heavy (non-hydrogen) atoms. The summed E-state index contributed by atoms with van der Waals surface area (Å²) in [6.45, 7) is 0. The number of carboxylic acids is 1. The van der Waals surface area contributed by atoms with Crippen molar-refractivity contribution in [2.75, 3.05) is 0 Å². The maximum Gasteiger partial charge on any atom is 0.435 e. The van der Waals surface area contributed by atoms with Crippen LogP contribution in [0.1, 0.15) is 11.3 Å². The molecule has 0 aliphatic carbocycles. The quantitative estimate of drug-likeness (QED) is 0.848. The van der Waals surface area contributed by atoms with Crippen LogP contribution in [0.15, 0.2) is 41.0 Å². The van der Waals surface area contributed by atoms with Gasteiger partial charge in [0.1, 0.15) is 0 Å². The predicted molar refractivity (Wildman–Crippen MR) is 72.9 cm³/mol. The summed E-state index contributed by atoms with van der Waals surface area (Å²) >= 11 is 3.22. The highest BCUT2D eigenvalue weighted by atomic mass is 79.9. The monoisotopic (exact) mass is 360 g/mol. The van der Waals surface area contributed by atoms with E-state index in [4.69, 9.17) is 5.11 Å². The SMILES string of the molecule is O=C(O)C=Cc1ccc(Br)cc1-n1ccc(C(F)(F)F)n1. The van der Waals surface area contributed by atoms with Crippen LogP contribution in [0, 0.1) is 0 Å². The molecule has 0 atom stereocenters. The molecule has 1 N–H and O–H groups in total. The molecule has 0 unspecified atom stereocenters. The smallest absolute Gasteiger partial charge is 0.435 e. The Morgan fingerprint density at radius 3 is 2.62 bits per heavy atom. The van der Waals surface area contributed by atoms with Crippen LogP contribution in [0.5, 0.6) is 0 Å². The number of aromatic nitrogens is 2. The number of carbonyl (C=O) groups is 1. The zero-order valence-corrected chi connectivity index (χ0v) is 11.9. The van der Waals surface area contributed by atoms with Crippen LogP contribution >= 0.6 is 15.9 Å². The lowest BCUT2D eigenvalue weighted by Crippen LogP contribution is -2.07. The minimum atomic E-state index is -4.53. The average Bonchev–Trinajstić information content (AvgIpc) is 2.86. The lowest BCUT2D eigenvalue weighted by atomic mass is 10.1. The summed E-state index contributed by atoms with van der Waals surface area (Å²) < 4.78 is 39.4. The molecule has 0 saturated heterocycles. The first-order valence-corrected chi connectivity index (χ1v) is 6.40. The standard InChI is InChI=1S/C13H8BrF3N2O2/c14-9-3-1-8(2-4-12(20)21)10(7-9)19-6-5-11(18-19)13(15,16)17/h1-7H,(H,20,21). The van der Waals surface area contributed by atoms with E-state index in [1.807, 2.05) is 0 Å². The van der Waals surface area contributed by atoms with Crippen molar-refractivity contribution in [3.05, 3.63) is 52.3 Å². The second-order valence-electron chi connectivity index (χ2n) is 4.02. The third-order valence-corrected chi connectivity index (χ3v) is 3.02. The third kappa shape index (κ3) is 3.72. The second kappa shape index (κ2) is 5.72. The van der Waals surface area contributed by atoms with Crippen LogP contribution in [-0.2, 0) is 11.0 Å². The second-order valence-corrected chi connectivity index (χ2v) is 4.93. The number of nitrogens with zero attached hydrogens (tertiary/aromatic N) is 2. The Labute approximate surface area is 125 Å². The van der Waals surface area contributed by atoms with Crippen molar-refractivity contribution >= 4 is 28.0 Å². The molecule has 0 bridgehead atoms. The van der Waals surface area contributed by atoms with E-state index in [1.54, 1.807) is 18.2 Å². The zero-order chi connectivity index (χ0) is 15.6. The molecule has 0 aliphatic heterocycles. The van der Waals surface area contributed by atoms with Gasteiger partial charge in [-0.05, 0) is 24.3 Å². The van der Waals surface area contributed by atoms with Gasteiger partial charge in [0, 0.05) is 22.3 Å². The molecule has 0 fully saturated rings. The van der Waals surface area contributed by atoms with E-state index in [2.05, 4.69) is 21.0 Å². The number of rotatable bonds is 3. The van der Waals surface area contributed by atoms with E-state index in [0.29, 0.717) is 15.7 Å². The average molecular weight is 361 g/mol. The molecule has 110 valence electrons. The van der Waals surface area contributed by atoms with Crippen LogP contribution in [0.2, 0.25) is 0 Å². The van der Waals surface area contributed by atoms with Gasteiger partial charge in [-0.15, -0.1) is 0 Å². The van der Waals surface area contributed by atoms with Gasteiger partial charge in [-0.3, -0.25) is 0 Å². The Morgan fingerprint density at radius 2 is 2.05 bits per heavy atom. The van der Waals surface area contributed by atoms with Crippen molar-refractivity contribution in [2.45, 2.75) is 6.18 Å². The van der Waals surface area contributed by atoms with E-state index in [0.717, 1.165) is 16.8 Å². The molecule has 4 nitrogen and oxygen atoms in total. The van der Waals surface area contributed by atoms with Gasteiger partial charge in [0.25, 0.3) is 0 Å². The molecule has 0 radical (unpaired) electrons. The van der Waals surface area contributed by atoms with Crippen molar-refractivity contribution in [1.29, 1.82) is 0 Å². The fraction of sp³-hybridized carbons (Fsp3) is 0.0769. The Balaban J connectivity index is 2.49. The summed E-state index contributed by atoms with van der Waals surface area (Å²) in [7, 11) is 0. The number of halogens is 4. The molecular formula is C13H8BrF3N2O2. The van der Waals surface area contributed by atoms with Gasteiger partial charge in [-0.1, -0.05) is 22.0 Å². The van der Waals surface area contributed by atoms with E-state index in [-0.39, 0.29) is 0 Å². The fourth-order valence-corrected chi connectivity index (χ4v) is 1.98. The number of aliphatic carboxylic acids is 1. The molecule has 0 aliphatic rings. The molecule has 0 spiro atoms. The maximum absolute atomic E-state index is 12.6. The number of benzene rings is 1. The highest BCUT2D eigenvalue weighted by molar-refractivity contribution is 9.10. The van der Waals surface area contributed by atoms with E-state index < -0.39 is 17.8 Å². The summed E-state index contributed by atoms with van der Waals surface area (Å²) in [4.78, 5) is 10.6. The van der Waals surface area contributed by atoms with Crippen LogP contribution in [0.3, 0.4) is 0 Å². The van der Waals surface area contributed by atoms with Crippen molar-refractivity contribution < 1.29 is 23.1 Å².